The van der Waals surface area contributed by atoms with Crippen molar-refractivity contribution in [1.29, 1.82) is 0 Å². The van der Waals surface area contributed by atoms with Crippen LogP contribution >= 0.6 is 22.7 Å². The minimum absolute atomic E-state index is 0.114. The van der Waals surface area contributed by atoms with E-state index in [0.717, 1.165) is 34.8 Å². The molecule has 0 aliphatic carbocycles. The molecule has 3 rings (SSSR count). The molecular formula is C15H17N3O2S2. The van der Waals surface area contributed by atoms with Gasteiger partial charge < -0.3 is 16.0 Å². The Kier molecular flexibility index (Phi) is 4.28. The average molecular weight is 335 g/mol. The minimum Gasteiger partial charge on any atom is -0.365 e. The second-order valence-electron chi connectivity index (χ2n) is 5.36. The summed E-state index contributed by atoms with van der Waals surface area (Å²) in [6.45, 7) is 1.69. The molecule has 0 fully saturated rings. The highest BCUT2D eigenvalue weighted by Crippen LogP contribution is 2.36. The second-order valence-corrected chi connectivity index (χ2v) is 7.50. The fraction of sp³-hybridized carbons (Fsp3) is 0.333. The summed E-state index contributed by atoms with van der Waals surface area (Å²) < 4.78 is 0. The predicted octanol–water partition coefficient (Wildman–Crippen LogP) is 2.08. The minimum atomic E-state index is -0.464. The third-order valence-corrected chi connectivity index (χ3v) is 5.67. The van der Waals surface area contributed by atoms with Gasteiger partial charge in [-0.2, -0.15) is 0 Å². The summed E-state index contributed by atoms with van der Waals surface area (Å²) in [6.07, 6.45) is 1.11. The molecule has 116 valence electrons. The standard InChI is InChI=1S/C15H17N3O2S2/c1-18-5-4-10-11(8-18)22-15(13(10)14(16)20)17-12(19)7-9-3-2-6-21-9/h2-3,6H,4-5,7-8H2,1H3,(H2,16,20)(H,17,19). The van der Waals surface area contributed by atoms with E-state index in [1.54, 1.807) is 11.3 Å². The van der Waals surface area contributed by atoms with Crippen molar-refractivity contribution in [2.24, 2.45) is 5.73 Å². The fourth-order valence-electron chi connectivity index (χ4n) is 2.62. The van der Waals surface area contributed by atoms with Crippen molar-refractivity contribution in [3.63, 3.8) is 0 Å². The van der Waals surface area contributed by atoms with E-state index in [9.17, 15) is 9.59 Å². The zero-order chi connectivity index (χ0) is 15.7. The number of hydrogen-bond donors (Lipinski definition) is 2. The Morgan fingerprint density at radius 3 is 2.95 bits per heavy atom. The molecule has 5 nitrogen and oxygen atoms in total. The van der Waals surface area contributed by atoms with Crippen molar-refractivity contribution in [1.82, 2.24) is 4.90 Å². The predicted molar refractivity (Wildman–Crippen MR) is 89.5 cm³/mol. The highest BCUT2D eigenvalue weighted by molar-refractivity contribution is 7.17. The summed E-state index contributed by atoms with van der Waals surface area (Å²) in [5.74, 6) is -0.578. The maximum absolute atomic E-state index is 12.2. The van der Waals surface area contributed by atoms with Gasteiger partial charge in [-0.25, -0.2) is 0 Å². The normalized spacial score (nSPS) is 14.6. The number of nitrogens with one attached hydrogen (secondary N) is 1. The van der Waals surface area contributed by atoms with Crippen LogP contribution in [0.2, 0.25) is 0 Å². The Labute approximate surface area is 136 Å². The number of carbonyl (C=O) groups excluding carboxylic acids is 2. The lowest BCUT2D eigenvalue weighted by Crippen LogP contribution is -2.27. The first kappa shape index (κ1) is 15.2. The van der Waals surface area contributed by atoms with Gasteiger partial charge in [-0.1, -0.05) is 6.07 Å². The number of anilines is 1. The molecule has 0 saturated heterocycles. The molecule has 2 aromatic rings. The van der Waals surface area contributed by atoms with E-state index < -0.39 is 5.91 Å². The lowest BCUT2D eigenvalue weighted by molar-refractivity contribution is -0.115. The zero-order valence-corrected chi connectivity index (χ0v) is 13.9. The Morgan fingerprint density at radius 1 is 1.45 bits per heavy atom. The van der Waals surface area contributed by atoms with Gasteiger partial charge in [0, 0.05) is 22.8 Å². The highest BCUT2D eigenvalue weighted by Gasteiger charge is 2.26. The SMILES string of the molecule is CN1CCc2c(sc(NC(=O)Cc3cccs3)c2C(N)=O)C1. The monoisotopic (exact) mass is 335 g/mol. The molecule has 1 aliphatic rings. The largest absolute Gasteiger partial charge is 0.365 e. The second kappa shape index (κ2) is 6.20. The van der Waals surface area contributed by atoms with Gasteiger partial charge >= 0.3 is 0 Å². The molecule has 7 heteroatoms. The first-order valence-corrected chi connectivity index (χ1v) is 8.69. The summed E-state index contributed by atoms with van der Waals surface area (Å²) >= 11 is 3.01. The molecule has 0 atom stereocenters. The van der Waals surface area contributed by atoms with Gasteiger partial charge in [0.05, 0.1) is 12.0 Å². The lowest BCUT2D eigenvalue weighted by atomic mass is 10.0. The molecule has 0 unspecified atom stereocenters. The molecule has 1 aliphatic heterocycles. The molecule has 0 aromatic carbocycles. The quantitative estimate of drug-likeness (QED) is 0.898. The number of likely N-dealkylation sites (N-methyl/N-ethyl adjacent to an activating group) is 1. The number of rotatable bonds is 4. The number of amides is 2. The maximum Gasteiger partial charge on any atom is 0.251 e. The Balaban J connectivity index is 1.84. The van der Waals surface area contributed by atoms with E-state index in [2.05, 4.69) is 10.2 Å². The number of nitrogens with two attached hydrogens (primary N) is 1. The summed E-state index contributed by atoms with van der Waals surface area (Å²) in [5, 5.41) is 5.40. The van der Waals surface area contributed by atoms with Gasteiger partial charge in [-0.3, -0.25) is 9.59 Å². The molecule has 3 N–H and O–H groups in total. The van der Waals surface area contributed by atoms with Gasteiger partial charge in [-0.15, -0.1) is 22.7 Å². The van der Waals surface area contributed by atoms with Crippen LogP contribution in [0.5, 0.6) is 0 Å². The number of carbonyl (C=O) groups is 2. The molecule has 2 aromatic heterocycles. The van der Waals surface area contributed by atoms with Crippen LogP contribution < -0.4 is 11.1 Å². The van der Waals surface area contributed by atoms with Crippen molar-refractivity contribution in [2.75, 3.05) is 18.9 Å². The smallest absolute Gasteiger partial charge is 0.251 e. The number of thiophene rings is 2. The van der Waals surface area contributed by atoms with Crippen LogP contribution in [0.1, 0.15) is 25.7 Å². The van der Waals surface area contributed by atoms with Crippen molar-refractivity contribution < 1.29 is 9.59 Å². The van der Waals surface area contributed by atoms with E-state index >= 15 is 0 Å². The van der Waals surface area contributed by atoms with Gasteiger partial charge in [-0.05, 0) is 30.5 Å². The number of hydrogen-bond acceptors (Lipinski definition) is 5. The van der Waals surface area contributed by atoms with Crippen LogP contribution in [-0.4, -0.2) is 30.3 Å². The van der Waals surface area contributed by atoms with Crippen LogP contribution in [0.4, 0.5) is 5.00 Å². The lowest BCUT2D eigenvalue weighted by Gasteiger charge is -2.22. The Morgan fingerprint density at radius 2 is 2.27 bits per heavy atom. The molecule has 2 amide bonds. The van der Waals surface area contributed by atoms with Crippen LogP contribution in [0, 0.1) is 0 Å². The summed E-state index contributed by atoms with van der Waals surface area (Å²) in [5.41, 5.74) is 7.03. The van der Waals surface area contributed by atoms with Crippen LogP contribution in [0.15, 0.2) is 17.5 Å². The van der Waals surface area contributed by atoms with Gasteiger partial charge in [0.1, 0.15) is 5.00 Å². The van der Waals surface area contributed by atoms with E-state index in [0.29, 0.717) is 17.0 Å². The van der Waals surface area contributed by atoms with E-state index in [4.69, 9.17) is 5.73 Å². The van der Waals surface area contributed by atoms with Crippen molar-refractivity contribution in [3.8, 4) is 0 Å². The topological polar surface area (TPSA) is 75.4 Å². The Bertz CT molecular complexity index is 707. The molecule has 22 heavy (non-hydrogen) atoms. The van der Waals surface area contributed by atoms with Gasteiger partial charge in [0.2, 0.25) is 5.91 Å². The molecule has 0 spiro atoms. The molecule has 3 heterocycles. The summed E-state index contributed by atoms with van der Waals surface area (Å²) in [6, 6.07) is 3.84. The van der Waals surface area contributed by atoms with E-state index in [1.807, 2.05) is 24.6 Å². The van der Waals surface area contributed by atoms with Crippen molar-refractivity contribution in [3.05, 3.63) is 38.4 Å². The number of nitrogens with zero attached hydrogens (tertiary/aromatic N) is 1. The average Bonchev–Trinajstić information content (AvgIpc) is 3.04. The maximum atomic E-state index is 12.2. The van der Waals surface area contributed by atoms with Crippen molar-refractivity contribution in [2.45, 2.75) is 19.4 Å². The Hall–Kier alpha value is -1.70. The van der Waals surface area contributed by atoms with Crippen LogP contribution in [0.3, 0.4) is 0 Å². The summed E-state index contributed by atoms with van der Waals surface area (Å²) in [7, 11) is 2.04. The fourth-order valence-corrected chi connectivity index (χ4v) is 4.68. The van der Waals surface area contributed by atoms with Gasteiger partial charge in [0.25, 0.3) is 5.91 Å². The zero-order valence-electron chi connectivity index (χ0n) is 12.2. The summed E-state index contributed by atoms with van der Waals surface area (Å²) in [4.78, 5) is 28.3. The van der Waals surface area contributed by atoms with Crippen LogP contribution in [-0.2, 0) is 24.2 Å². The first-order valence-electron chi connectivity index (χ1n) is 6.99. The number of primary amides is 1. The molecule has 0 saturated carbocycles. The molecule has 0 bridgehead atoms. The molecule has 0 radical (unpaired) electrons. The van der Waals surface area contributed by atoms with Crippen molar-refractivity contribution >= 4 is 39.5 Å². The molecular weight excluding hydrogens is 318 g/mol. The first-order chi connectivity index (χ1) is 10.5. The highest BCUT2D eigenvalue weighted by atomic mass is 32.1. The number of fused-ring (bicyclic) bond motifs is 1. The van der Waals surface area contributed by atoms with Crippen LogP contribution in [0.25, 0.3) is 0 Å². The van der Waals surface area contributed by atoms with E-state index in [-0.39, 0.29) is 5.91 Å². The third kappa shape index (κ3) is 3.06. The van der Waals surface area contributed by atoms with E-state index in [1.165, 1.54) is 11.3 Å². The third-order valence-electron chi connectivity index (χ3n) is 3.66. The van der Waals surface area contributed by atoms with Gasteiger partial charge in [0.15, 0.2) is 0 Å².